The van der Waals surface area contributed by atoms with Gasteiger partial charge in [-0.25, -0.2) is 0 Å². The van der Waals surface area contributed by atoms with Crippen molar-refractivity contribution in [3.63, 3.8) is 0 Å². The number of nitro groups is 1. The summed E-state index contributed by atoms with van der Waals surface area (Å²) in [5.74, 6) is 0.204. The predicted molar refractivity (Wildman–Crippen MR) is 67.3 cm³/mol. The molecule has 1 aromatic carbocycles. The van der Waals surface area contributed by atoms with Crippen molar-refractivity contribution in [2.24, 2.45) is 0 Å². The van der Waals surface area contributed by atoms with Gasteiger partial charge in [0.15, 0.2) is 6.61 Å². The molecule has 0 radical (unpaired) electrons. The Hall–Kier alpha value is -2.15. The highest BCUT2D eigenvalue weighted by molar-refractivity contribution is 5.78. The lowest BCUT2D eigenvalue weighted by Gasteiger charge is -2.30. The highest BCUT2D eigenvalue weighted by Gasteiger charge is 2.34. The maximum absolute atomic E-state index is 12.0. The number of amides is 1. The number of carbonyl (C=O) groups is 1. The first-order valence-electron chi connectivity index (χ1n) is 6.00. The maximum Gasteiger partial charge on any atom is 0.301 e. The van der Waals surface area contributed by atoms with Gasteiger partial charge in [-0.2, -0.15) is 0 Å². The molecule has 1 atom stereocenters. The van der Waals surface area contributed by atoms with Gasteiger partial charge < -0.3 is 10.1 Å². The Kier molecular flexibility index (Phi) is 4.30. The van der Waals surface area contributed by atoms with Crippen LogP contribution in [-0.4, -0.2) is 48.1 Å². The van der Waals surface area contributed by atoms with E-state index in [1.54, 1.807) is 24.3 Å². The quantitative estimate of drug-likeness (QED) is 0.616. The molecule has 1 amide bonds. The van der Waals surface area contributed by atoms with Gasteiger partial charge in [0.05, 0.1) is 6.54 Å². The van der Waals surface area contributed by atoms with Crippen LogP contribution in [-0.2, 0) is 4.79 Å². The third-order valence-electron chi connectivity index (χ3n) is 2.89. The van der Waals surface area contributed by atoms with Crippen LogP contribution < -0.4 is 10.1 Å². The first-order chi connectivity index (χ1) is 9.18. The molecule has 0 aliphatic carbocycles. The molecule has 102 valence electrons. The number of para-hydroxylation sites is 1. The number of piperazine rings is 1. The normalized spacial score (nSPS) is 18.9. The molecule has 0 saturated carbocycles. The van der Waals surface area contributed by atoms with Gasteiger partial charge in [0.2, 0.25) is 0 Å². The van der Waals surface area contributed by atoms with Gasteiger partial charge >= 0.3 is 6.17 Å². The lowest BCUT2D eigenvalue weighted by atomic mass is 10.3. The van der Waals surface area contributed by atoms with Crippen LogP contribution in [0.1, 0.15) is 0 Å². The summed E-state index contributed by atoms with van der Waals surface area (Å²) >= 11 is 0. The van der Waals surface area contributed by atoms with Crippen molar-refractivity contribution < 1.29 is 14.5 Å². The minimum Gasteiger partial charge on any atom is -0.484 e. The summed E-state index contributed by atoms with van der Waals surface area (Å²) in [6.07, 6.45) is -1.01. The summed E-state index contributed by atoms with van der Waals surface area (Å²) in [4.78, 5) is 23.6. The minimum atomic E-state index is -1.01. The van der Waals surface area contributed by atoms with E-state index in [1.807, 2.05) is 6.07 Å². The molecular formula is C12H15N3O4. The third kappa shape index (κ3) is 3.41. The number of nitrogens with one attached hydrogen (secondary N) is 1. The zero-order valence-corrected chi connectivity index (χ0v) is 10.3. The molecule has 1 N–H and O–H groups in total. The molecule has 2 rings (SSSR count). The summed E-state index contributed by atoms with van der Waals surface area (Å²) < 4.78 is 5.31. The second-order valence-corrected chi connectivity index (χ2v) is 4.16. The molecule has 1 fully saturated rings. The molecule has 1 unspecified atom stereocenters. The van der Waals surface area contributed by atoms with E-state index in [9.17, 15) is 14.9 Å². The zero-order valence-electron chi connectivity index (χ0n) is 10.3. The number of nitrogens with zero attached hydrogens (tertiary/aromatic N) is 2. The molecular weight excluding hydrogens is 250 g/mol. The smallest absolute Gasteiger partial charge is 0.301 e. The van der Waals surface area contributed by atoms with E-state index in [0.717, 1.165) is 0 Å². The second kappa shape index (κ2) is 6.14. The van der Waals surface area contributed by atoms with E-state index in [4.69, 9.17) is 4.74 Å². The Labute approximate surface area is 110 Å². The third-order valence-corrected chi connectivity index (χ3v) is 2.89. The summed E-state index contributed by atoms with van der Waals surface area (Å²) in [6, 6.07) is 8.90. The van der Waals surface area contributed by atoms with Crippen LogP contribution in [0.3, 0.4) is 0 Å². The van der Waals surface area contributed by atoms with Crippen molar-refractivity contribution in [3.8, 4) is 5.75 Å². The van der Waals surface area contributed by atoms with E-state index in [2.05, 4.69) is 5.32 Å². The zero-order chi connectivity index (χ0) is 13.7. The van der Waals surface area contributed by atoms with Crippen molar-refractivity contribution >= 4 is 5.91 Å². The van der Waals surface area contributed by atoms with Crippen LogP contribution >= 0.6 is 0 Å². The van der Waals surface area contributed by atoms with E-state index in [-0.39, 0.29) is 19.1 Å². The molecule has 1 aromatic rings. The fraction of sp³-hybridized carbons (Fsp3) is 0.417. The number of rotatable bonds is 4. The summed E-state index contributed by atoms with van der Waals surface area (Å²) in [6.45, 7) is 0.864. The van der Waals surface area contributed by atoms with Crippen molar-refractivity contribution in [3.05, 3.63) is 40.4 Å². The first kappa shape index (κ1) is 13.3. The van der Waals surface area contributed by atoms with Crippen molar-refractivity contribution in [2.75, 3.05) is 26.2 Å². The second-order valence-electron chi connectivity index (χ2n) is 4.16. The van der Waals surface area contributed by atoms with E-state index in [1.165, 1.54) is 4.90 Å². The summed E-state index contributed by atoms with van der Waals surface area (Å²) in [5.41, 5.74) is 0. The molecule has 19 heavy (non-hydrogen) atoms. The first-order valence-corrected chi connectivity index (χ1v) is 6.00. The van der Waals surface area contributed by atoms with Gasteiger partial charge in [0, 0.05) is 18.0 Å². The van der Waals surface area contributed by atoms with Gasteiger partial charge in [0.1, 0.15) is 5.75 Å². The average Bonchev–Trinajstić information content (AvgIpc) is 2.46. The number of hydrogen-bond donors (Lipinski definition) is 1. The molecule has 1 aliphatic heterocycles. The fourth-order valence-corrected chi connectivity index (χ4v) is 1.91. The molecule has 0 bridgehead atoms. The Balaban J connectivity index is 1.93. The maximum atomic E-state index is 12.0. The number of ether oxygens (including phenoxy) is 1. The Morgan fingerprint density at radius 1 is 1.47 bits per heavy atom. The van der Waals surface area contributed by atoms with Crippen LogP contribution in [0, 0.1) is 10.1 Å². The largest absolute Gasteiger partial charge is 0.484 e. The Morgan fingerprint density at radius 2 is 2.21 bits per heavy atom. The summed E-state index contributed by atoms with van der Waals surface area (Å²) in [5, 5.41) is 13.8. The molecule has 0 spiro atoms. The number of benzene rings is 1. The fourth-order valence-electron chi connectivity index (χ4n) is 1.91. The lowest BCUT2D eigenvalue weighted by Crippen LogP contribution is -2.57. The molecule has 0 aromatic heterocycles. The van der Waals surface area contributed by atoms with E-state index in [0.29, 0.717) is 18.8 Å². The van der Waals surface area contributed by atoms with Crippen molar-refractivity contribution in [2.45, 2.75) is 6.17 Å². The van der Waals surface area contributed by atoms with Crippen LogP contribution in [0.25, 0.3) is 0 Å². The Morgan fingerprint density at radius 3 is 2.89 bits per heavy atom. The van der Waals surface area contributed by atoms with Crippen molar-refractivity contribution in [1.82, 2.24) is 10.2 Å². The average molecular weight is 265 g/mol. The monoisotopic (exact) mass is 265 g/mol. The van der Waals surface area contributed by atoms with Crippen LogP contribution in [0.5, 0.6) is 5.75 Å². The molecule has 1 heterocycles. The molecule has 7 heteroatoms. The predicted octanol–water partition coefficient (Wildman–Crippen LogP) is 0.100. The highest BCUT2D eigenvalue weighted by Crippen LogP contribution is 2.10. The van der Waals surface area contributed by atoms with Gasteiger partial charge in [0.25, 0.3) is 5.91 Å². The molecule has 1 saturated heterocycles. The standard InChI is InChI=1S/C12H15N3O4/c16-12(9-19-10-4-2-1-3-5-10)14-7-6-13-8-11(14)15(17)18/h1-5,11,13H,6-9H2. The van der Waals surface area contributed by atoms with E-state index >= 15 is 0 Å². The van der Waals surface area contributed by atoms with Gasteiger partial charge in [-0.05, 0) is 12.1 Å². The Bertz CT molecular complexity index is 452. The van der Waals surface area contributed by atoms with E-state index < -0.39 is 11.1 Å². The molecule has 1 aliphatic rings. The SMILES string of the molecule is O=C(COc1ccccc1)N1CCNCC1[N+](=O)[O-]. The van der Waals surface area contributed by atoms with Crippen LogP contribution in [0.2, 0.25) is 0 Å². The lowest BCUT2D eigenvalue weighted by molar-refractivity contribution is -0.546. The minimum absolute atomic E-state index is 0.171. The number of carbonyl (C=O) groups excluding carboxylic acids is 1. The summed E-state index contributed by atoms with van der Waals surface area (Å²) in [7, 11) is 0. The van der Waals surface area contributed by atoms with Gasteiger partial charge in [-0.15, -0.1) is 0 Å². The molecule has 7 nitrogen and oxygen atoms in total. The van der Waals surface area contributed by atoms with Crippen LogP contribution in [0.15, 0.2) is 30.3 Å². The van der Waals surface area contributed by atoms with Crippen LogP contribution in [0.4, 0.5) is 0 Å². The number of hydrogen-bond acceptors (Lipinski definition) is 5. The van der Waals surface area contributed by atoms with Crippen molar-refractivity contribution in [1.29, 1.82) is 0 Å². The highest BCUT2D eigenvalue weighted by atomic mass is 16.6. The topological polar surface area (TPSA) is 84.7 Å². The van der Waals surface area contributed by atoms with Gasteiger partial charge in [-0.3, -0.25) is 19.8 Å². The van der Waals surface area contributed by atoms with Gasteiger partial charge in [-0.1, -0.05) is 18.2 Å².